The van der Waals surface area contributed by atoms with E-state index in [1.54, 1.807) is 0 Å². The number of hydrazine groups is 1. The molecule has 0 aliphatic heterocycles. The largest absolute Gasteiger partial charge is 0.261 e. The zero-order valence-electron chi connectivity index (χ0n) is 25.7. The molecule has 34 heavy (non-hydrogen) atoms. The first-order valence-corrected chi connectivity index (χ1v) is 14.8. The average molecular weight is 481 g/mol. The Labute approximate surface area is 218 Å². The fraction of sp³-hybridized carbons (Fsp3) is 0.875. The number of allylic oxidation sites excluding steroid dienone is 3. The van der Waals surface area contributed by atoms with E-state index in [4.69, 9.17) is 0 Å². The minimum Gasteiger partial charge on any atom is -0.261 e. The average Bonchev–Trinajstić information content (AvgIpc) is 2.82. The van der Waals surface area contributed by atoms with Crippen molar-refractivity contribution in [3.05, 3.63) is 24.8 Å². The molecule has 0 fully saturated rings. The first kappa shape index (κ1) is 37.9. The summed E-state index contributed by atoms with van der Waals surface area (Å²) >= 11 is 0. The number of unbranched alkanes of at least 4 members (excludes halogenated alkanes) is 5. The SMILES string of the molecule is C=CC(C)CC.CCCCCCCCC(CC(C)C(C)C)C(C)C=CC(C)C.CCCNNC. The predicted octanol–water partition coefficient (Wildman–Crippen LogP) is 10.2. The lowest BCUT2D eigenvalue weighted by molar-refractivity contribution is 0.262. The smallest absolute Gasteiger partial charge is 0.00970 e. The van der Waals surface area contributed by atoms with Gasteiger partial charge in [-0.1, -0.05) is 132 Å². The van der Waals surface area contributed by atoms with Crippen LogP contribution in [0.25, 0.3) is 0 Å². The summed E-state index contributed by atoms with van der Waals surface area (Å²) in [5.41, 5.74) is 5.77. The fourth-order valence-corrected chi connectivity index (χ4v) is 3.50. The van der Waals surface area contributed by atoms with E-state index in [1.807, 2.05) is 13.1 Å². The van der Waals surface area contributed by atoms with Crippen LogP contribution >= 0.6 is 0 Å². The molecule has 0 saturated heterocycles. The predicted molar refractivity (Wildman–Crippen MR) is 160 cm³/mol. The van der Waals surface area contributed by atoms with Crippen LogP contribution in [0.15, 0.2) is 24.8 Å². The zero-order valence-corrected chi connectivity index (χ0v) is 25.7. The molecule has 2 heteroatoms. The summed E-state index contributed by atoms with van der Waals surface area (Å²) in [4.78, 5) is 0. The van der Waals surface area contributed by atoms with E-state index in [9.17, 15) is 0 Å². The Hall–Kier alpha value is -0.600. The third-order valence-corrected chi connectivity index (χ3v) is 6.88. The van der Waals surface area contributed by atoms with Gasteiger partial charge in [0.1, 0.15) is 0 Å². The molecular formula is C32H68N2. The van der Waals surface area contributed by atoms with Crippen LogP contribution < -0.4 is 10.9 Å². The molecule has 0 aromatic carbocycles. The van der Waals surface area contributed by atoms with Crippen LogP contribution in [0.2, 0.25) is 0 Å². The van der Waals surface area contributed by atoms with E-state index >= 15 is 0 Å². The molecule has 0 aromatic rings. The Morgan fingerprint density at radius 2 is 1.35 bits per heavy atom. The Bertz CT molecular complexity index is 409. The van der Waals surface area contributed by atoms with Gasteiger partial charge in [0, 0.05) is 6.54 Å². The highest BCUT2D eigenvalue weighted by Crippen LogP contribution is 2.30. The number of hydrogen-bond acceptors (Lipinski definition) is 2. The highest BCUT2D eigenvalue weighted by Gasteiger charge is 2.19. The summed E-state index contributed by atoms with van der Waals surface area (Å²) in [6, 6.07) is 0. The van der Waals surface area contributed by atoms with Crippen molar-refractivity contribution in [1.82, 2.24) is 10.9 Å². The van der Waals surface area contributed by atoms with Crippen molar-refractivity contribution >= 4 is 0 Å². The van der Waals surface area contributed by atoms with Gasteiger partial charge in [-0.3, -0.25) is 10.9 Å². The van der Waals surface area contributed by atoms with E-state index in [2.05, 4.69) is 98.8 Å². The van der Waals surface area contributed by atoms with E-state index in [-0.39, 0.29) is 0 Å². The molecule has 0 heterocycles. The third-order valence-electron chi connectivity index (χ3n) is 6.88. The molecule has 206 valence electrons. The van der Waals surface area contributed by atoms with Crippen molar-refractivity contribution in [2.75, 3.05) is 13.6 Å². The molecule has 0 aromatic heterocycles. The monoisotopic (exact) mass is 481 g/mol. The van der Waals surface area contributed by atoms with Crippen LogP contribution in [0.5, 0.6) is 0 Å². The fourth-order valence-electron chi connectivity index (χ4n) is 3.50. The second kappa shape index (κ2) is 28.6. The number of rotatable bonds is 18. The Balaban J connectivity index is -0.000000653. The van der Waals surface area contributed by atoms with E-state index in [0.29, 0.717) is 11.8 Å². The summed E-state index contributed by atoms with van der Waals surface area (Å²) < 4.78 is 0. The topological polar surface area (TPSA) is 24.1 Å². The van der Waals surface area contributed by atoms with Gasteiger partial charge >= 0.3 is 0 Å². The van der Waals surface area contributed by atoms with Gasteiger partial charge in [0.05, 0.1) is 0 Å². The second-order valence-corrected chi connectivity index (χ2v) is 11.1. The van der Waals surface area contributed by atoms with Crippen LogP contribution in [0.3, 0.4) is 0 Å². The lowest BCUT2D eigenvalue weighted by atomic mass is 9.79. The molecular weight excluding hydrogens is 412 g/mol. The maximum atomic E-state index is 3.63. The van der Waals surface area contributed by atoms with E-state index in [0.717, 1.165) is 30.2 Å². The van der Waals surface area contributed by atoms with Gasteiger partial charge in [-0.25, -0.2) is 0 Å². The van der Waals surface area contributed by atoms with Gasteiger partial charge in [0.25, 0.3) is 0 Å². The van der Waals surface area contributed by atoms with Crippen LogP contribution in [0.4, 0.5) is 0 Å². The van der Waals surface area contributed by atoms with Crippen molar-refractivity contribution in [3.8, 4) is 0 Å². The van der Waals surface area contributed by atoms with E-state index < -0.39 is 0 Å². The Morgan fingerprint density at radius 1 is 0.765 bits per heavy atom. The molecule has 0 bridgehead atoms. The third kappa shape index (κ3) is 29.4. The maximum Gasteiger partial charge on any atom is 0.00970 e. The molecule has 2 nitrogen and oxygen atoms in total. The molecule has 2 N–H and O–H groups in total. The van der Waals surface area contributed by atoms with Crippen molar-refractivity contribution in [1.29, 1.82) is 0 Å². The van der Waals surface area contributed by atoms with Crippen LogP contribution in [0.1, 0.15) is 133 Å². The standard InChI is InChI=1S/C22H44.C6H12.C4H12N2/c1-8-9-10-11-12-13-14-22(17-21(7)19(4)5)20(6)16-15-18(2)3;1-4-6(3)5-2;1-3-4-6-5-2/h15-16,18-22H,8-14,17H2,1-7H3;4,6H,1,5H2,2-3H3;5-6H,3-4H2,1-2H3. The summed E-state index contributed by atoms with van der Waals surface area (Å²) in [5, 5.41) is 0. The van der Waals surface area contributed by atoms with Gasteiger partial charge in [0.15, 0.2) is 0 Å². The molecule has 0 aliphatic rings. The highest BCUT2D eigenvalue weighted by atomic mass is 15.3. The maximum absolute atomic E-state index is 3.63. The van der Waals surface area contributed by atoms with Crippen LogP contribution in [-0.4, -0.2) is 13.6 Å². The number of hydrogen-bond donors (Lipinski definition) is 2. The summed E-state index contributed by atoms with van der Waals surface area (Å²) in [6.07, 6.45) is 20.6. The highest BCUT2D eigenvalue weighted by molar-refractivity contribution is 4.92. The van der Waals surface area contributed by atoms with Crippen LogP contribution in [0, 0.1) is 35.5 Å². The molecule has 4 atom stereocenters. The first-order valence-electron chi connectivity index (χ1n) is 14.8. The van der Waals surface area contributed by atoms with Gasteiger partial charge in [-0.15, -0.1) is 6.58 Å². The molecule has 0 amide bonds. The molecule has 0 spiro atoms. The Morgan fingerprint density at radius 3 is 1.74 bits per heavy atom. The molecule has 0 aliphatic carbocycles. The van der Waals surface area contributed by atoms with Crippen molar-refractivity contribution in [2.24, 2.45) is 35.5 Å². The first-order chi connectivity index (χ1) is 16.1. The summed E-state index contributed by atoms with van der Waals surface area (Å²) in [5.74, 6) is 4.65. The zero-order chi connectivity index (χ0) is 26.8. The quantitative estimate of drug-likeness (QED) is 0.116. The molecule has 0 radical (unpaired) electrons. The Kier molecular flexibility index (Phi) is 32.0. The minimum absolute atomic E-state index is 0.680. The van der Waals surface area contributed by atoms with Gasteiger partial charge in [-0.05, 0) is 61.8 Å². The second-order valence-electron chi connectivity index (χ2n) is 11.1. The minimum atomic E-state index is 0.680. The van der Waals surface area contributed by atoms with Gasteiger partial charge in [-0.2, -0.15) is 0 Å². The molecule has 4 unspecified atom stereocenters. The van der Waals surface area contributed by atoms with Crippen molar-refractivity contribution in [2.45, 2.75) is 133 Å². The molecule has 0 saturated carbocycles. The normalized spacial score (nSPS) is 14.7. The lowest BCUT2D eigenvalue weighted by Gasteiger charge is -2.27. The van der Waals surface area contributed by atoms with Gasteiger partial charge in [0.2, 0.25) is 0 Å². The van der Waals surface area contributed by atoms with Crippen molar-refractivity contribution in [3.63, 3.8) is 0 Å². The lowest BCUT2D eigenvalue weighted by Crippen LogP contribution is -2.27. The van der Waals surface area contributed by atoms with Crippen molar-refractivity contribution < 1.29 is 0 Å². The number of nitrogens with one attached hydrogen (secondary N) is 2. The summed E-state index contributed by atoms with van der Waals surface area (Å²) in [7, 11) is 1.87. The van der Waals surface area contributed by atoms with Gasteiger partial charge < -0.3 is 0 Å². The molecule has 0 rings (SSSR count). The van der Waals surface area contributed by atoms with Crippen LogP contribution in [-0.2, 0) is 0 Å². The van der Waals surface area contributed by atoms with E-state index in [1.165, 1.54) is 64.2 Å². The summed E-state index contributed by atoms with van der Waals surface area (Å²) in [6.45, 7) is 27.6.